The van der Waals surface area contributed by atoms with Gasteiger partial charge in [-0.2, -0.15) is 0 Å². The molecule has 100 valence electrons. The molecule has 3 heteroatoms. The summed E-state index contributed by atoms with van der Waals surface area (Å²) in [4.78, 5) is 2.43. The number of nitrogens with one attached hydrogen (secondary N) is 1. The van der Waals surface area contributed by atoms with Crippen LogP contribution >= 0.6 is 0 Å². The largest absolute Gasteiger partial charge is 0.489 e. The highest BCUT2D eigenvalue weighted by Crippen LogP contribution is 2.20. The van der Waals surface area contributed by atoms with Crippen LogP contribution in [0.4, 0.5) is 5.69 Å². The normalized spacial score (nSPS) is 20.3. The van der Waals surface area contributed by atoms with Gasteiger partial charge in [0.05, 0.1) is 0 Å². The van der Waals surface area contributed by atoms with E-state index in [0.29, 0.717) is 12.1 Å². The Morgan fingerprint density at radius 1 is 1.33 bits per heavy atom. The number of likely N-dealkylation sites (N-methyl/N-ethyl adjacent to an activating group) is 1. The first-order valence-corrected chi connectivity index (χ1v) is 6.93. The molecule has 0 aliphatic carbocycles. The highest BCUT2D eigenvalue weighted by atomic mass is 16.5. The first-order chi connectivity index (χ1) is 8.67. The molecule has 18 heavy (non-hydrogen) atoms. The maximum atomic E-state index is 6.00. The lowest BCUT2D eigenvalue weighted by Crippen LogP contribution is -2.24. The van der Waals surface area contributed by atoms with Crippen molar-refractivity contribution in [2.45, 2.75) is 39.3 Å². The Hall–Kier alpha value is -1.22. The van der Waals surface area contributed by atoms with E-state index in [1.807, 2.05) is 0 Å². The zero-order valence-electron chi connectivity index (χ0n) is 11.6. The predicted molar refractivity (Wildman–Crippen MR) is 76.3 cm³/mol. The molecule has 1 aromatic rings. The van der Waals surface area contributed by atoms with Crippen LogP contribution in [0.15, 0.2) is 24.3 Å². The minimum Gasteiger partial charge on any atom is -0.489 e. The molecule has 1 atom stereocenters. The highest BCUT2D eigenvalue weighted by molar-refractivity contribution is 5.46. The fraction of sp³-hybridized carbons (Fsp3) is 0.600. The Balaban J connectivity index is 1.87. The van der Waals surface area contributed by atoms with Gasteiger partial charge in [-0.15, -0.1) is 0 Å². The van der Waals surface area contributed by atoms with E-state index in [1.54, 1.807) is 0 Å². The van der Waals surface area contributed by atoms with Crippen molar-refractivity contribution in [3.63, 3.8) is 0 Å². The van der Waals surface area contributed by atoms with Crippen LogP contribution in [0, 0.1) is 0 Å². The molecule has 0 radical (unpaired) electrons. The van der Waals surface area contributed by atoms with E-state index in [4.69, 9.17) is 4.74 Å². The van der Waals surface area contributed by atoms with E-state index in [2.05, 4.69) is 55.3 Å². The van der Waals surface area contributed by atoms with E-state index < -0.39 is 0 Å². The van der Waals surface area contributed by atoms with Gasteiger partial charge in [-0.05, 0) is 51.1 Å². The van der Waals surface area contributed by atoms with Crippen molar-refractivity contribution in [1.82, 2.24) is 4.90 Å². The zero-order valence-corrected chi connectivity index (χ0v) is 11.6. The Bertz CT molecular complexity index is 361. The third-order valence-electron chi connectivity index (χ3n) is 3.29. The van der Waals surface area contributed by atoms with Crippen LogP contribution in [0.2, 0.25) is 0 Å². The Morgan fingerprint density at radius 2 is 2.06 bits per heavy atom. The summed E-state index contributed by atoms with van der Waals surface area (Å²) >= 11 is 0. The SMILES string of the molecule is CCN1CCC(Oc2ccc(NC(C)C)cc2)C1. The van der Waals surface area contributed by atoms with Gasteiger partial charge in [0.1, 0.15) is 11.9 Å². The van der Waals surface area contributed by atoms with Gasteiger partial charge in [0, 0.05) is 24.8 Å². The van der Waals surface area contributed by atoms with E-state index in [9.17, 15) is 0 Å². The van der Waals surface area contributed by atoms with Crippen molar-refractivity contribution in [3.05, 3.63) is 24.3 Å². The smallest absolute Gasteiger partial charge is 0.119 e. The number of likely N-dealkylation sites (tertiary alicyclic amines) is 1. The van der Waals surface area contributed by atoms with Gasteiger partial charge in [0.2, 0.25) is 0 Å². The van der Waals surface area contributed by atoms with Gasteiger partial charge in [-0.3, -0.25) is 4.90 Å². The first kappa shape index (κ1) is 13.2. The number of benzene rings is 1. The van der Waals surface area contributed by atoms with Crippen molar-refractivity contribution in [3.8, 4) is 5.75 Å². The van der Waals surface area contributed by atoms with Gasteiger partial charge in [-0.25, -0.2) is 0 Å². The van der Waals surface area contributed by atoms with Crippen LogP contribution in [0.25, 0.3) is 0 Å². The van der Waals surface area contributed by atoms with Crippen LogP contribution in [-0.4, -0.2) is 36.7 Å². The zero-order chi connectivity index (χ0) is 13.0. The lowest BCUT2D eigenvalue weighted by molar-refractivity contribution is 0.202. The van der Waals surface area contributed by atoms with Crippen molar-refractivity contribution < 1.29 is 4.74 Å². The summed E-state index contributed by atoms with van der Waals surface area (Å²) in [6, 6.07) is 8.74. The molecule has 0 aromatic heterocycles. The molecule has 1 fully saturated rings. The quantitative estimate of drug-likeness (QED) is 0.867. The van der Waals surface area contributed by atoms with Gasteiger partial charge < -0.3 is 10.1 Å². The molecule has 0 spiro atoms. The molecule has 1 heterocycles. The number of anilines is 1. The standard InChI is InChI=1S/C15H24N2O/c1-4-17-10-9-15(11-17)18-14-7-5-13(6-8-14)16-12(2)3/h5-8,12,15-16H,4,9-11H2,1-3H3. The molecule has 0 bridgehead atoms. The summed E-state index contributed by atoms with van der Waals surface area (Å²) in [5.41, 5.74) is 1.15. The van der Waals surface area contributed by atoms with E-state index in [1.165, 1.54) is 0 Å². The van der Waals surface area contributed by atoms with Crippen molar-refractivity contribution in [1.29, 1.82) is 0 Å². The summed E-state index contributed by atoms with van der Waals surface area (Å²) in [5.74, 6) is 0.979. The Morgan fingerprint density at radius 3 is 2.61 bits per heavy atom. The minimum atomic E-state index is 0.355. The van der Waals surface area contributed by atoms with Gasteiger partial charge in [0.15, 0.2) is 0 Å². The molecule has 1 aliphatic heterocycles. The lowest BCUT2D eigenvalue weighted by atomic mass is 10.2. The molecule has 1 aromatic carbocycles. The van der Waals surface area contributed by atoms with Gasteiger partial charge >= 0.3 is 0 Å². The third-order valence-corrected chi connectivity index (χ3v) is 3.29. The summed E-state index contributed by atoms with van der Waals surface area (Å²) in [5, 5.41) is 3.38. The number of ether oxygens (including phenoxy) is 1. The lowest BCUT2D eigenvalue weighted by Gasteiger charge is -2.16. The number of hydrogen-bond donors (Lipinski definition) is 1. The minimum absolute atomic E-state index is 0.355. The third kappa shape index (κ3) is 3.64. The van der Waals surface area contributed by atoms with Crippen LogP contribution in [0.5, 0.6) is 5.75 Å². The van der Waals surface area contributed by atoms with E-state index >= 15 is 0 Å². The summed E-state index contributed by atoms with van der Waals surface area (Å²) in [6.45, 7) is 9.83. The first-order valence-electron chi connectivity index (χ1n) is 6.93. The molecule has 2 rings (SSSR count). The van der Waals surface area contributed by atoms with Gasteiger partial charge in [0.25, 0.3) is 0 Å². The second kappa shape index (κ2) is 6.10. The fourth-order valence-electron chi connectivity index (χ4n) is 2.34. The van der Waals surface area contributed by atoms with Crippen molar-refractivity contribution in [2.24, 2.45) is 0 Å². The molecule has 1 unspecified atom stereocenters. The number of hydrogen-bond acceptors (Lipinski definition) is 3. The van der Waals surface area contributed by atoms with Crippen LogP contribution in [0.3, 0.4) is 0 Å². The maximum Gasteiger partial charge on any atom is 0.119 e. The van der Waals surface area contributed by atoms with E-state index in [-0.39, 0.29) is 0 Å². The molecule has 1 N–H and O–H groups in total. The Labute approximate surface area is 110 Å². The molecular weight excluding hydrogens is 224 g/mol. The molecule has 0 amide bonds. The summed E-state index contributed by atoms with van der Waals surface area (Å²) in [6.07, 6.45) is 1.49. The van der Waals surface area contributed by atoms with Crippen molar-refractivity contribution >= 4 is 5.69 Å². The van der Waals surface area contributed by atoms with Crippen LogP contribution in [0.1, 0.15) is 27.2 Å². The molecule has 1 aliphatic rings. The molecular formula is C15H24N2O. The second-order valence-electron chi connectivity index (χ2n) is 5.25. The summed E-state index contributed by atoms with van der Waals surface area (Å²) < 4.78 is 6.00. The molecule has 1 saturated heterocycles. The number of nitrogens with zero attached hydrogens (tertiary/aromatic N) is 1. The summed E-state index contributed by atoms with van der Waals surface area (Å²) in [7, 11) is 0. The van der Waals surface area contributed by atoms with Crippen LogP contribution < -0.4 is 10.1 Å². The fourth-order valence-corrected chi connectivity index (χ4v) is 2.34. The predicted octanol–water partition coefficient (Wildman–Crippen LogP) is 2.98. The average Bonchev–Trinajstić information content (AvgIpc) is 2.79. The van der Waals surface area contributed by atoms with Crippen LogP contribution in [-0.2, 0) is 0 Å². The maximum absolute atomic E-state index is 6.00. The number of rotatable bonds is 5. The molecule has 0 saturated carbocycles. The average molecular weight is 248 g/mol. The molecule has 3 nitrogen and oxygen atoms in total. The topological polar surface area (TPSA) is 24.5 Å². The Kier molecular flexibility index (Phi) is 4.48. The second-order valence-corrected chi connectivity index (χ2v) is 5.25. The van der Waals surface area contributed by atoms with Gasteiger partial charge in [-0.1, -0.05) is 6.92 Å². The monoisotopic (exact) mass is 248 g/mol. The highest BCUT2D eigenvalue weighted by Gasteiger charge is 2.22. The van der Waals surface area contributed by atoms with Crippen molar-refractivity contribution in [2.75, 3.05) is 25.0 Å². The van der Waals surface area contributed by atoms with E-state index in [0.717, 1.165) is 37.5 Å².